The lowest BCUT2D eigenvalue weighted by Crippen LogP contribution is -2.31. The summed E-state index contributed by atoms with van der Waals surface area (Å²) in [7, 11) is 0. The lowest BCUT2D eigenvalue weighted by atomic mass is 9.99. The first-order chi connectivity index (χ1) is 7.36. The van der Waals surface area contributed by atoms with Crippen molar-refractivity contribution in [2.24, 2.45) is 5.92 Å². The molecule has 1 N–H and O–H groups in total. The SMILES string of the molecule is CC(NCc1ccccc1)C1CCCC1. The van der Waals surface area contributed by atoms with E-state index in [0.717, 1.165) is 12.5 Å². The van der Waals surface area contributed by atoms with Crippen LogP contribution in [0.15, 0.2) is 30.3 Å². The highest BCUT2D eigenvalue weighted by molar-refractivity contribution is 5.14. The molecule has 0 saturated heterocycles. The van der Waals surface area contributed by atoms with Crippen molar-refractivity contribution in [1.82, 2.24) is 5.32 Å². The van der Waals surface area contributed by atoms with Gasteiger partial charge >= 0.3 is 0 Å². The Kier molecular flexibility index (Phi) is 3.79. The van der Waals surface area contributed by atoms with Crippen LogP contribution in [0.1, 0.15) is 38.2 Å². The molecule has 1 heteroatoms. The molecule has 0 bridgehead atoms. The third-order valence-corrected chi connectivity index (χ3v) is 3.58. The van der Waals surface area contributed by atoms with Crippen LogP contribution < -0.4 is 5.32 Å². The Morgan fingerprint density at radius 3 is 2.53 bits per heavy atom. The Morgan fingerprint density at radius 2 is 1.87 bits per heavy atom. The fourth-order valence-corrected chi connectivity index (χ4v) is 2.50. The minimum atomic E-state index is 0.674. The van der Waals surface area contributed by atoms with Crippen molar-refractivity contribution < 1.29 is 0 Å². The molecule has 1 atom stereocenters. The van der Waals surface area contributed by atoms with Gasteiger partial charge in [0, 0.05) is 12.6 Å². The van der Waals surface area contributed by atoms with E-state index in [4.69, 9.17) is 0 Å². The zero-order chi connectivity index (χ0) is 10.5. The fraction of sp³-hybridized carbons (Fsp3) is 0.571. The molecule has 1 aromatic carbocycles. The average molecular weight is 203 g/mol. The Hall–Kier alpha value is -0.820. The summed E-state index contributed by atoms with van der Waals surface area (Å²) in [5.74, 6) is 0.911. The number of rotatable bonds is 4. The summed E-state index contributed by atoms with van der Waals surface area (Å²) in [5, 5.41) is 3.64. The summed E-state index contributed by atoms with van der Waals surface area (Å²) >= 11 is 0. The van der Waals surface area contributed by atoms with Gasteiger partial charge in [0.15, 0.2) is 0 Å². The summed E-state index contributed by atoms with van der Waals surface area (Å²) in [4.78, 5) is 0. The second-order valence-electron chi connectivity index (χ2n) is 4.70. The second-order valence-corrected chi connectivity index (χ2v) is 4.70. The zero-order valence-corrected chi connectivity index (χ0v) is 9.58. The highest BCUT2D eigenvalue weighted by Gasteiger charge is 2.20. The van der Waals surface area contributed by atoms with Gasteiger partial charge < -0.3 is 5.32 Å². The third-order valence-electron chi connectivity index (χ3n) is 3.58. The van der Waals surface area contributed by atoms with Crippen LogP contribution in [0.3, 0.4) is 0 Å². The third kappa shape index (κ3) is 3.07. The molecule has 1 fully saturated rings. The van der Waals surface area contributed by atoms with Gasteiger partial charge in [0.25, 0.3) is 0 Å². The van der Waals surface area contributed by atoms with Crippen molar-refractivity contribution in [2.75, 3.05) is 0 Å². The first-order valence-corrected chi connectivity index (χ1v) is 6.13. The van der Waals surface area contributed by atoms with Gasteiger partial charge in [0.2, 0.25) is 0 Å². The molecule has 1 aliphatic rings. The molecule has 0 radical (unpaired) electrons. The summed E-state index contributed by atoms with van der Waals surface area (Å²) in [6, 6.07) is 11.3. The van der Waals surface area contributed by atoms with E-state index in [-0.39, 0.29) is 0 Å². The minimum absolute atomic E-state index is 0.674. The van der Waals surface area contributed by atoms with Gasteiger partial charge in [-0.05, 0) is 31.2 Å². The predicted molar refractivity (Wildman–Crippen MR) is 64.7 cm³/mol. The van der Waals surface area contributed by atoms with Crippen molar-refractivity contribution in [3.05, 3.63) is 35.9 Å². The molecule has 0 aromatic heterocycles. The monoisotopic (exact) mass is 203 g/mol. The highest BCUT2D eigenvalue weighted by Crippen LogP contribution is 2.27. The second kappa shape index (κ2) is 5.32. The van der Waals surface area contributed by atoms with Crippen LogP contribution in [-0.2, 0) is 6.54 Å². The Balaban J connectivity index is 1.77. The van der Waals surface area contributed by atoms with E-state index in [1.165, 1.54) is 31.2 Å². The molecule has 15 heavy (non-hydrogen) atoms. The highest BCUT2D eigenvalue weighted by atomic mass is 14.9. The number of benzene rings is 1. The van der Waals surface area contributed by atoms with Gasteiger partial charge in [-0.3, -0.25) is 0 Å². The fourth-order valence-electron chi connectivity index (χ4n) is 2.50. The summed E-state index contributed by atoms with van der Waals surface area (Å²) in [5.41, 5.74) is 1.39. The molecular formula is C14H21N. The molecule has 1 nitrogen and oxygen atoms in total. The standard InChI is InChI=1S/C14H21N/c1-12(14-9-5-6-10-14)15-11-13-7-3-2-4-8-13/h2-4,7-8,12,14-15H,5-6,9-11H2,1H3. The number of nitrogens with one attached hydrogen (secondary N) is 1. The quantitative estimate of drug-likeness (QED) is 0.791. The Morgan fingerprint density at radius 1 is 1.20 bits per heavy atom. The molecule has 1 aromatic rings. The van der Waals surface area contributed by atoms with Crippen LogP contribution in [0.5, 0.6) is 0 Å². The molecule has 0 heterocycles. The van der Waals surface area contributed by atoms with Crippen LogP contribution in [-0.4, -0.2) is 6.04 Å². The minimum Gasteiger partial charge on any atom is -0.310 e. The molecule has 0 spiro atoms. The van der Waals surface area contributed by atoms with E-state index in [2.05, 4.69) is 42.6 Å². The van der Waals surface area contributed by atoms with Gasteiger partial charge in [-0.25, -0.2) is 0 Å². The van der Waals surface area contributed by atoms with Crippen molar-refractivity contribution in [3.63, 3.8) is 0 Å². The maximum Gasteiger partial charge on any atom is 0.0208 e. The summed E-state index contributed by atoms with van der Waals surface area (Å²) in [6.07, 6.45) is 5.70. The first-order valence-electron chi connectivity index (χ1n) is 6.13. The topological polar surface area (TPSA) is 12.0 Å². The van der Waals surface area contributed by atoms with Crippen LogP contribution in [0.25, 0.3) is 0 Å². The van der Waals surface area contributed by atoms with Crippen molar-refractivity contribution in [3.8, 4) is 0 Å². The normalized spacial score (nSPS) is 19.3. The van der Waals surface area contributed by atoms with Gasteiger partial charge in [0.1, 0.15) is 0 Å². The largest absolute Gasteiger partial charge is 0.310 e. The van der Waals surface area contributed by atoms with Crippen molar-refractivity contribution in [2.45, 2.75) is 45.2 Å². The van der Waals surface area contributed by atoms with Gasteiger partial charge in [-0.15, -0.1) is 0 Å². The van der Waals surface area contributed by atoms with Crippen molar-refractivity contribution in [1.29, 1.82) is 0 Å². The summed E-state index contributed by atoms with van der Waals surface area (Å²) in [6.45, 7) is 3.34. The number of hydrogen-bond donors (Lipinski definition) is 1. The maximum atomic E-state index is 3.64. The van der Waals surface area contributed by atoms with E-state index >= 15 is 0 Å². The van der Waals surface area contributed by atoms with E-state index in [1.54, 1.807) is 0 Å². The molecule has 0 aliphatic heterocycles. The first kappa shape index (κ1) is 10.7. The lowest BCUT2D eigenvalue weighted by molar-refractivity contribution is 0.380. The van der Waals surface area contributed by atoms with E-state index in [1.807, 2.05) is 0 Å². The molecule has 1 aliphatic carbocycles. The molecule has 2 rings (SSSR count). The summed E-state index contributed by atoms with van der Waals surface area (Å²) < 4.78 is 0. The molecular weight excluding hydrogens is 182 g/mol. The van der Waals surface area contributed by atoms with E-state index < -0.39 is 0 Å². The predicted octanol–water partition coefficient (Wildman–Crippen LogP) is 3.35. The molecule has 1 saturated carbocycles. The van der Waals surface area contributed by atoms with E-state index in [0.29, 0.717) is 6.04 Å². The van der Waals surface area contributed by atoms with Gasteiger partial charge in [-0.1, -0.05) is 43.2 Å². The van der Waals surface area contributed by atoms with Crippen LogP contribution in [0.2, 0.25) is 0 Å². The molecule has 1 unspecified atom stereocenters. The molecule has 0 amide bonds. The smallest absolute Gasteiger partial charge is 0.0208 e. The lowest BCUT2D eigenvalue weighted by Gasteiger charge is -2.20. The van der Waals surface area contributed by atoms with E-state index in [9.17, 15) is 0 Å². The Bertz CT molecular complexity index is 275. The number of hydrogen-bond acceptors (Lipinski definition) is 1. The average Bonchev–Trinajstić information content (AvgIpc) is 2.81. The Labute approximate surface area is 92.9 Å². The van der Waals surface area contributed by atoms with Crippen LogP contribution in [0.4, 0.5) is 0 Å². The van der Waals surface area contributed by atoms with Crippen LogP contribution in [0, 0.1) is 5.92 Å². The van der Waals surface area contributed by atoms with Gasteiger partial charge in [-0.2, -0.15) is 0 Å². The zero-order valence-electron chi connectivity index (χ0n) is 9.58. The molecule has 82 valence electrons. The van der Waals surface area contributed by atoms with Crippen LogP contribution >= 0.6 is 0 Å². The maximum absolute atomic E-state index is 3.64. The van der Waals surface area contributed by atoms with Crippen molar-refractivity contribution >= 4 is 0 Å². The van der Waals surface area contributed by atoms with Gasteiger partial charge in [0.05, 0.1) is 0 Å².